The molecule has 6 heteroatoms. The zero-order chi connectivity index (χ0) is 13.0. The average molecular weight is 269 g/mol. The number of ether oxygens (including phenoxy) is 1. The highest BCUT2D eigenvalue weighted by molar-refractivity contribution is 7.99. The Balaban J connectivity index is 1.96. The number of thioether (sulfide) groups is 1. The molecule has 0 radical (unpaired) electrons. The van der Waals surface area contributed by atoms with Crippen molar-refractivity contribution in [1.29, 1.82) is 0 Å². The normalized spacial score (nSPS) is 18.3. The molecular weight excluding hydrogens is 250 g/mol. The molecule has 0 spiro atoms. The van der Waals surface area contributed by atoms with E-state index < -0.39 is 5.54 Å². The van der Waals surface area contributed by atoms with Gasteiger partial charge < -0.3 is 9.72 Å². The van der Waals surface area contributed by atoms with Crippen molar-refractivity contribution < 1.29 is 9.53 Å². The molecule has 1 aromatic heterocycles. The lowest BCUT2D eigenvalue weighted by atomic mass is 10.1. The fraction of sp³-hybridized carbons (Fsp3) is 0.667. The summed E-state index contributed by atoms with van der Waals surface area (Å²) in [6, 6.07) is 0.455. The van der Waals surface area contributed by atoms with Crippen molar-refractivity contribution in [3.8, 4) is 0 Å². The smallest absolute Gasteiger partial charge is 0.326 e. The van der Waals surface area contributed by atoms with Crippen LogP contribution in [0.3, 0.4) is 0 Å². The van der Waals surface area contributed by atoms with E-state index in [1.165, 1.54) is 11.8 Å². The Morgan fingerprint density at radius 3 is 3.06 bits per heavy atom. The van der Waals surface area contributed by atoms with Crippen LogP contribution in [0.5, 0.6) is 0 Å². The third kappa shape index (κ3) is 3.49. The molecule has 1 heterocycles. The average Bonchev–Trinajstić information content (AvgIpc) is 2.99. The van der Waals surface area contributed by atoms with Gasteiger partial charge >= 0.3 is 5.97 Å². The summed E-state index contributed by atoms with van der Waals surface area (Å²) < 4.78 is 5.16. The van der Waals surface area contributed by atoms with Gasteiger partial charge in [-0.25, -0.2) is 4.98 Å². The Morgan fingerprint density at radius 1 is 1.72 bits per heavy atom. The molecule has 2 rings (SSSR count). The number of nitrogens with zero attached hydrogens (tertiary/aromatic N) is 1. The van der Waals surface area contributed by atoms with E-state index in [0.29, 0.717) is 18.4 Å². The predicted octanol–water partition coefficient (Wildman–Crippen LogP) is 1.58. The molecule has 0 amide bonds. The number of aromatic nitrogens is 2. The zero-order valence-corrected chi connectivity index (χ0v) is 11.5. The first-order valence-corrected chi connectivity index (χ1v) is 7.19. The van der Waals surface area contributed by atoms with Crippen LogP contribution >= 0.6 is 11.8 Å². The summed E-state index contributed by atoms with van der Waals surface area (Å²) in [6.07, 6.45) is 5.76. The number of H-pyrrole nitrogens is 1. The number of esters is 1. The fourth-order valence-corrected chi connectivity index (χ4v) is 2.58. The minimum absolute atomic E-state index is 0.184. The number of carbonyl (C=O) groups excluding carboxylic acids is 1. The third-order valence-electron chi connectivity index (χ3n) is 2.80. The molecule has 18 heavy (non-hydrogen) atoms. The molecule has 1 fully saturated rings. The maximum Gasteiger partial charge on any atom is 0.326 e. The van der Waals surface area contributed by atoms with E-state index in [1.54, 1.807) is 12.4 Å². The molecule has 2 N–H and O–H groups in total. The van der Waals surface area contributed by atoms with E-state index in [1.807, 2.05) is 13.8 Å². The van der Waals surface area contributed by atoms with Crippen LogP contribution in [0.15, 0.2) is 17.6 Å². The van der Waals surface area contributed by atoms with E-state index in [9.17, 15) is 4.79 Å². The van der Waals surface area contributed by atoms with Gasteiger partial charge in [0.25, 0.3) is 0 Å². The van der Waals surface area contributed by atoms with Crippen molar-refractivity contribution in [3.63, 3.8) is 0 Å². The van der Waals surface area contributed by atoms with Crippen molar-refractivity contribution in [2.45, 2.75) is 43.4 Å². The monoisotopic (exact) mass is 269 g/mol. The summed E-state index contributed by atoms with van der Waals surface area (Å²) in [5.74, 6) is 0.423. The lowest BCUT2D eigenvalue weighted by Crippen LogP contribution is -2.53. The summed E-state index contributed by atoms with van der Waals surface area (Å²) in [4.78, 5) is 19.2. The number of carbonyl (C=O) groups is 1. The molecule has 100 valence electrons. The lowest BCUT2D eigenvalue weighted by molar-refractivity contribution is -0.149. The first-order chi connectivity index (χ1) is 8.64. The van der Waals surface area contributed by atoms with Crippen molar-refractivity contribution >= 4 is 17.7 Å². The van der Waals surface area contributed by atoms with E-state index in [2.05, 4.69) is 15.3 Å². The van der Waals surface area contributed by atoms with Gasteiger partial charge in [0.1, 0.15) is 5.54 Å². The lowest BCUT2D eigenvalue weighted by Gasteiger charge is -2.27. The minimum atomic E-state index is -0.644. The van der Waals surface area contributed by atoms with Crippen molar-refractivity contribution in [2.24, 2.45) is 0 Å². The van der Waals surface area contributed by atoms with Crippen LogP contribution in [0, 0.1) is 0 Å². The molecule has 0 bridgehead atoms. The van der Waals surface area contributed by atoms with E-state index in [-0.39, 0.29) is 5.97 Å². The van der Waals surface area contributed by atoms with Crippen LogP contribution in [0.4, 0.5) is 0 Å². The van der Waals surface area contributed by atoms with Crippen LogP contribution in [-0.4, -0.2) is 39.9 Å². The van der Waals surface area contributed by atoms with Crippen LogP contribution in [0.2, 0.25) is 0 Å². The molecule has 1 saturated carbocycles. The summed E-state index contributed by atoms with van der Waals surface area (Å²) in [5.41, 5.74) is -0.644. The molecule has 1 atom stereocenters. The molecule has 0 aliphatic heterocycles. The standard InChI is InChI=1S/C12H19N3O2S/c1-3-17-10(16)12(2,15-9-4-5-9)8-18-11-13-6-7-14-11/h6-7,9,15H,3-5,8H2,1-2H3,(H,13,14). The number of hydrogen-bond donors (Lipinski definition) is 2. The van der Waals surface area contributed by atoms with Crippen molar-refractivity contribution in [3.05, 3.63) is 12.4 Å². The summed E-state index contributed by atoms with van der Waals surface area (Å²) >= 11 is 1.53. The maximum atomic E-state index is 12.1. The number of hydrogen-bond acceptors (Lipinski definition) is 5. The molecule has 0 aromatic carbocycles. The SMILES string of the molecule is CCOC(=O)C(C)(CSc1ncc[nH]1)NC1CC1. The first-order valence-electron chi connectivity index (χ1n) is 6.21. The molecular formula is C12H19N3O2S. The zero-order valence-electron chi connectivity index (χ0n) is 10.7. The van der Waals surface area contributed by atoms with Crippen LogP contribution in [0.25, 0.3) is 0 Å². The Hall–Kier alpha value is -1.01. The summed E-state index contributed by atoms with van der Waals surface area (Å²) in [6.45, 7) is 4.14. The van der Waals surface area contributed by atoms with Gasteiger partial charge in [0.05, 0.1) is 6.61 Å². The Morgan fingerprint density at radius 2 is 2.50 bits per heavy atom. The molecule has 1 aliphatic rings. The topological polar surface area (TPSA) is 67.0 Å². The van der Waals surface area contributed by atoms with Crippen LogP contribution in [-0.2, 0) is 9.53 Å². The van der Waals surface area contributed by atoms with Gasteiger partial charge in [-0.15, -0.1) is 0 Å². The summed E-state index contributed by atoms with van der Waals surface area (Å²) in [7, 11) is 0. The second kappa shape index (κ2) is 5.75. The summed E-state index contributed by atoms with van der Waals surface area (Å²) in [5, 5.41) is 4.20. The van der Waals surface area contributed by atoms with Gasteiger partial charge in [0, 0.05) is 24.2 Å². The number of rotatable bonds is 7. The maximum absolute atomic E-state index is 12.1. The third-order valence-corrected chi connectivity index (χ3v) is 4.02. The van der Waals surface area contributed by atoms with Gasteiger partial charge in [0.2, 0.25) is 0 Å². The number of imidazole rings is 1. The van der Waals surface area contributed by atoms with E-state index in [0.717, 1.165) is 18.0 Å². The van der Waals surface area contributed by atoms with Gasteiger partial charge in [-0.05, 0) is 26.7 Å². The second-order valence-electron chi connectivity index (χ2n) is 4.65. The van der Waals surface area contributed by atoms with Gasteiger partial charge in [-0.3, -0.25) is 10.1 Å². The number of aromatic amines is 1. The van der Waals surface area contributed by atoms with Crippen LogP contribution < -0.4 is 5.32 Å². The predicted molar refractivity (Wildman–Crippen MR) is 70.5 cm³/mol. The highest BCUT2D eigenvalue weighted by Gasteiger charge is 2.39. The molecule has 5 nitrogen and oxygen atoms in total. The van der Waals surface area contributed by atoms with E-state index >= 15 is 0 Å². The second-order valence-corrected chi connectivity index (χ2v) is 5.62. The highest BCUT2D eigenvalue weighted by atomic mass is 32.2. The van der Waals surface area contributed by atoms with E-state index in [4.69, 9.17) is 4.74 Å². The quantitative estimate of drug-likeness (QED) is 0.581. The molecule has 1 aliphatic carbocycles. The minimum Gasteiger partial charge on any atom is -0.465 e. The van der Waals surface area contributed by atoms with Gasteiger partial charge in [0.15, 0.2) is 5.16 Å². The fourth-order valence-electron chi connectivity index (χ4n) is 1.67. The molecule has 1 aromatic rings. The van der Waals surface area contributed by atoms with Gasteiger partial charge in [-0.2, -0.15) is 0 Å². The van der Waals surface area contributed by atoms with Crippen molar-refractivity contribution in [2.75, 3.05) is 12.4 Å². The van der Waals surface area contributed by atoms with Crippen molar-refractivity contribution in [1.82, 2.24) is 15.3 Å². The largest absolute Gasteiger partial charge is 0.465 e. The Labute approximate surface area is 111 Å². The molecule has 1 unspecified atom stereocenters. The number of nitrogens with one attached hydrogen (secondary N) is 2. The van der Waals surface area contributed by atoms with Crippen LogP contribution in [0.1, 0.15) is 26.7 Å². The van der Waals surface area contributed by atoms with Gasteiger partial charge in [-0.1, -0.05) is 11.8 Å². The molecule has 0 saturated heterocycles. The Kier molecular flexibility index (Phi) is 4.29. The highest BCUT2D eigenvalue weighted by Crippen LogP contribution is 2.27. The Bertz CT molecular complexity index is 392. The first kappa shape index (κ1) is 13.4.